The fourth-order valence-electron chi connectivity index (χ4n) is 3.66. The molecule has 4 heterocycles. The predicted octanol–water partition coefficient (Wildman–Crippen LogP) is 0.947. The molecule has 1 saturated heterocycles. The Morgan fingerprint density at radius 2 is 2.06 bits per heavy atom. The van der Waals surface area contributed by atoms with Gasteiger partial charge >= 0.3 is 5.97 Å². The van der Waals surface area contributed by atoms with Crippen molar-refractivity contribution in [3.63, 3.8) is 0 Å². The van der Waals surface area contributed by atoms with Crippen LogP contribution in [0.2, 0.25) is 0 Å². The molecule has 1 amide bonds. The molecule has 10 nitrogen and oxygen atoms in total. The van der Waals surface area contributed by atoms with Gasteiger partial charge in [0.15, 0.2) is 0 Å². The van der Waals surface area contributed by atoms with E-state index >= 15 is 0 Å². The molecule has 1 N–H and O–H groups in total. The van der Waals surface area contributed by atoms with Crippen molar-refractivity contribution in [2.75, 3.05) is 51.8 Å². The van der Waals surface area contributed by atoms with Gasteiger partial charge in [-0.3, -0.25) is 4.79 Å². The van der Waals surface area contributed by atoms with Gasteiger partial charge in [0.2, 0.25) is 15.9 Å². The molecule has 1 fully saturated rings. The Labute approximate surface area is 190 Å². The molecule has 0 aliphatic carbocycles. The first-order valence-electron chi connectivity index (χ1n) is 10.1. The van der Waals surface area contributed by atoms with Gasteiger partial charge in [-0.25, -0.2) is 18.2 Å². The molecule has 2 aromatic heterocycles. The highest BCUT2D eigenvalue weighted by Crippen LogP contribution is 2.26. The van der Waals surface area contributed by atoms with Crippen molar-refractivity contribution in [3.8, 4) is 0 Å². The number of sulfonamides is 1. The first kappa shape index (κ1) is 22.6. The lowest BCUT2D eigenvalue weighted by Crippen LogP contribution is -2.41. The SMILES string of the molecule is COC(=O)c1cnc(NCC(=O)N2CCc3sccc3C2)c(S(=O)(=O)N2CCOCC2)c1. The maximum Gasteiger partial charge on any atom is 0.339 e. The topological polar surface area (TPSA) is 118 Å². The van der Waals surface area contributed by atoms with Crippen LogP contribution >= 0.6 is 11.3 Å². The number of nitrogens with one attached hydrogen (secondary N) is 1. The second-order valence-electron chi connectivity index (χ2n) is 7.37. The Bertz CT molecular complexity index is 1110. The molecule has 0 atom stereocenters. The van der Waals surface area contributed by atoms with Gasteiger partial charge in [-0.05, 0) is 29.5 Å². The fraction of sp³-hybridized carbons (Fsp3) is 0.450. The number of hydrogen-bond donors (Lipinski definition) is 1. The predicted molar refractivity (Wildman–Crippen MR) is 117 cm³/mol. The van der Waals surface area contributed by atoms with Crippen LogP contribution in [0.15, 0.2) is 28.6 Å². The van der Waals surface area contributed by atoms with Crippen LogP contribution in [-0.2, 0) is 37.3 Å². The highest BCUT2D eigenvalue weighted by molar-refractivity contribution is 7.89. The molecular formula is C20H24N4O6S2. The molecule has 2 aliphatic rings. The number of morpholine rings is 1. The molecule has 0 aromatic carbocycles. The van der Waals surface area contributed by atoms with Gasteiger partial charge in [-0.1, -0.05) is 0 Å². The van der Waals surface area contributed by atoms with Gasteiger partial charge in [0.05, 0.1) is 32.4 Å². The molecule has 2 aromatic rings. The number of amides is 1. The van der Waals surface area contributed by atoms with Crippen molar-refractivity contribution < 1.29 is 27.5 Å². The number of nitrogens with zero attached hydrogens (tertiary/aromatic N) is 3. The van der Waals surface area contributed by atoms with Gasteiger partial charge in [-0.2, -0.15) is 4.31 Å². The Morgan fingerprint density at radius 3 is 2.81 bits per heavy atom. The fourth-order valence-corrected chi connectivity index (χ4v) is 6.10. The summed E-state index contributed by atoms with van der Waals surface area (Å²) < 4.78 is 37.8. The standard InChI is InChI=1S/C20H24N4O6S2/c1-29-20(26)15-10-17(32(27,28)24-5-7-30-8-6-24)19(21-11-15)22-12-18(25)23-4-2-16-14(13-23)3-9-31-16/h3,9-11H,2,4-8,12-13H2,1H3,(H,21,22). The zero-order chi connectivity index (χ0) is 22.7. The van der Waals surface area contributed by atoms with Crippen LogP contribution < -0.4 is 5.32 Å². The van der Waals surface area contributed by atoms with E-state index in [-0.39, 0.29) is 55.0 Å². The molecule has 0 bridgehead atoms. The summed E-state index contributed by atoms with van der Waals surface area (Å²) in [5, 5.41) is 4.89. The molecule has 0 unspecified atom stereocenters. The van der Waals surface area contributed by atoms with Crippen LogP contribution in [0, 0.1) is 0 Å². The van der Waals surface area contributed by atoms with Crippen molar-refractivity contribution >= 4 is 39.1 Å². The smallest absolute Gasteiger partial charge is 0.339 e. The minimum Gasteiger partial charge on any atom is -0.465 e. The first-order valence-corrected chi connectivity index (χ1v) is 12.5. The lowest BCUT2D eigenvalue weighted by Gasteiger charge is -2.28. The number of carbonyl (C=O) groups is 2. The number of anilines is 1. The van der Waals surface area contributed by atoms with Gasteiger partial charge in [0.25, 0.3) is 0 Å². The summed E-state index contributed by atoms with van der Waals surface area (Å²) in [6, 6.07) is 3.25. The third-order valence-electron chi connectivity index (χ3n) is 5.43. The summed E-state index contributed by atoms with van der Waals surface area (Å²) in [6.45, 7) is 1.98. The zero-order valence-corrected chi connectivity index (χ0v) is 19.2. The number of fused-ring (bicyclic) bond motifs is 1. The molecular weight excluding hydrogens is 456 g/mol. The number of esters is 1. The van der Waals surface area contributed by atoms with Crippen LogP contribution in [-0.4, -0.2) is 81.0 Å². The van der Waals surface area contributed by atoms with Gasteiger partial charge < -0.3 is 19.7 Å². The van der Waals surface area contributed by atoms with E-state index in [1.54, 1.807) is 16.2 Å². The van der Waals surface area contributed by atoms with E-state index in [2.05, 4.69) is 10.3 Å². The maximum atomic E-state index is 13.3. The van der Waals surface area contributed by atoms with E-state index in [1.165, 1.54) is 28.6 Å². The molecule has 0 saturated carbocycles. The monoisotopic (exact) mass is 480 g/mol. The van der Waals surface area contributed by atoms with E-state index in [9.17, 15) is 18.0 Å². The van der Waals surface area contributed by atoms with Crippen molar-refractivity contribution in [1.29, 1.82) is 0 Å². The highest BCUT2D eigenvalue weighted by Gasteiger charge is 2.31. The molecule has 172 valence electrons. The minimum absolute atomic E-state index is 0.0113. The van der Waals surface area contributed by atoms with Crippen LogP contribution in [0.25, 0.3) is 0 Å². The third-order valence-corrected chi connectivity index (χ3v) is 8.36. The number of methoxy groups -OCH3 is 1. The molecule has 12 heteroatoms. The van der Waals surface area contributed by atoms with Crippen molar-refractivity contribution in [2.45, 2.75) is 17.9 Å². The number of thiophene rings is 1. The Kier molecular flexibility index (Phi) is 6.74. The maximum absolute atomic E-state index is 13.3. The van der Waals surface area contributed by atoms with E-state index in [4.69, 9.17) is 9.47 Å². The second kappa shape index (κ2) is 9.53. The third kappa shape index (κ3) is 4.63. The zero-order valence-electron chi connectivity index (χ0n) is 17.6. The molecule has 0 radical (unpaired) electrons. The summed E-state index contributed by atoms with van der Waals surface area (Å²) in [6.07, 6.45) is 2.04. The summed E-state index contributed by atoms with van der Waals surface area (Å²) in [4.78, 5) is 31.7. The number of hydrogen-bond acceptors (Lipinski definition) is 9. The van der Waals surface area contributed by atoms with Crippen LogP contribution in [0.3, 0.4) is 0 Å². The summed E-state index contributed by atoms with van der Waals surface area (Å²) in [5.74, 6) is -0.834. The van der Waals surface area contributed by atoms with Crippen molar-refractivity contribution in [2.24, 2.45) is 0 Å². The average Bonchev–Trinajstić information content (AvgIpc) is 3.30. The van der Waals surface area contributed by atoms with E-state index in [0.717, 1.165) is 12.0 Å². The molecule has 0 spiro atoms. The molecule has 32 heavy (non-hydrogen) atoms. The average molecular weight is 481 g/mol. The van der Waals surface area contributed by atoms with Crippen molar-refractivity contribution in [3.05, 3.63) is 39.7 Å². The lowest BCUT2D eigenvalue weighted by molar-refractivity contribution is -0.130. The first-order chi connectivity index (χ1) is 15.4. The largest absolute Gasteiger partial charge is 0.465 e. The second-order valence-corrected chi connectivity index (χ2v) is 10.3. The number of carbonyl (C=O) groups excluding carboxylic acids is 2. The number of ether oxygens (including phenoxy) is 2. The van der Waals surface area contributed by atoms with Crippen LogP contribution in [0.4, 0.5) is 5.82 Å². The number of aromatic nitrogens is 1. The van der Waals surface area contributed by atoms with E-state index in [1.807, 2.05) is 11.4 Å². The highest BCUT2D eigenvalue weighted by atomic mass is 32.2. The van der Waals surface area contributed by atoms with Gasteiger partial charge in [0, 0.05) is 37.3 Å². The normalized spacial score (nSPS) is 17.0. The molecule has 2 aliphatic heterocycles. The van der Waals surface area contributed by atoms with Crippen LogP contribution in [0.1, 0.15) is 20.8 Å². The Morgan fingerprint density at radius 1 is 1.28 bits per heavy atom. The summed E-state index contributed by atoms with van der Waals surface area (Å²) >= 11 is 1.69. The summed E-state index contributed by atoms with van der Waals surface area (Å²) in [7, 11) is -2.76. The quantitative estimate of drug-likeness (QED) is 0.607. The van der Waals surface area contributed by atoms with Crippen molar-refractivity contribution in [1.82, 2.24) is 14.2 Å². The lowest BCUT2D eigenvalue weighted by atomic mass is 10.1. The Hall–Kier alpha value is -2.54. The van der Waals surface area contributed by atoms with Crippen LogP contribution in [0.5, 0.6) is 0 Å². The minimum atomic E-state index is -3.97. The van der Waals surface area contributed by atoms with Gasteiger partial charge in [-0.15, -0.1) is 11.3 Å². The van der Waals surface area contributed by atoms with Gasteiger partial charge in [0.1, 0.15) is 10.7 Å². The number of pyridine rings is 1. The van der Waals surface area contributed by atoms with E-state index in [0.29, 0.717) is 13.1 Å². The Balaban J connectivity index is 1.55. The molecule has 4 rings (SSSR count). The summed E-state index contributed by atoms with van der Waals surface area (Å²) in [5.41, 5.74) is 1.16. The number of rotatable bonds is 6. The van der Waals surface area contributed by atoms with E-state index < -0.39 is 16.0 Å².